The third-order valence-corrected chi connectivity index (χ3v) is 2.69. The van der Waals surface area contributed by atoms with Crippen LogP contribution in [-0.4, -0.2) is 14.9 Å². The molecule has 1 aromatic heterocycles. The lowest BCUT2D eigenvalue weighted by atomic mass is 10.2. The van der Waals surface area contributed by atoms with E-state index in [4.69, 9.17) is 11.6 Å². The molecular formula is C11H6ClF3N4O2. The zero-order valence-electron chi connectivity index (χ0n) is 10.1. The van der Waals surface area contributed by atoms with Crippen LogP contribution in [0.4, 0.5) is 30.4 Å². The van der Waals surface area contributed by atoms with Crippen molar-refractivity contribution < 1.29 is 18.1 Å². The van der Waals surface area contributed by atoms with E-state index in [9.17, 15) is 23.3 Å². The van der Waals surface area contributed by atoms with E-state index in [0.717, 1.165) is 18.5 Å². The first-order valence-electron chi connectivity index (χ1n) is 5.38. The Bertz CT molecular complexity index is 693. The van der Waals surface area contributed by atoms with E-state index in [1.54, 1.807) is 0 Å². The van der Waals surface area contributed by atoms with E-state index in [1.165, 1.54) is 12.1 Å². The second-order valence-electron chi connectivity index (χ2n) is 3.82. The average Bonchev–Trinajstić information content (AvgIpc) is 2.37. The molecule has 0 atom stereocenters. The van der Waals surface area contributed by atoms with Crippen LogP contribution in [-0.2, 0) is 6.18 Å². The van der Waals surface area contributed by atoms with Gasteiger partial charge >= 0.3 is 11.9 Å². The van der Waals surface area contributed by atoms with Gasteiger partial charge in [0.05, 0.1) is 10.5 Å². The highest BCUT2D eigenvalue weighted by molar-refractivity contribution is 6.31. The Hall–Kier alpha value is -2.42. The van der Waals surface area contributed by atoms with Gasteiger partial charge < -0.3 is 5.32 Å². The van der Waals surface area contributed by atoms with Gasteiger partial charge in [-0.2, -0.15) is 13.2 Å². The van der Waals surface area contributed by atoms with E-state index in [1.807, 2.05) is 0 Å². The van der Waals surface area contributed by atoms with Crippen LogP contribution in [0.15, 0.2) is 30.6 Å². The average molecular weight is 319 g/mol. The highest BCUT2D eigenvalue weighted by Gasteiger charge is 2.30. The molecule has 0 saturated carbocycles. The Balaban J connectivity index is 2.40. The van der Waals surface area contributed by atoms with E-state index in [0.29, 0.717) is 0 Å². The largest absolute Gasteiger partial charge is 0.416 e. The predicted molar refractivity (Wildman–Crippen MR) is 68.4 cm³/mol. The van der Waals surface area contributed by atoms with Gasteiger partial charge in [-0.3, -0.25) is 10.1 Å². The Morgan fingerprint density at radius 2 is 2.00 bits per heavy atom. The maximum absolute atomic E-state index is 12.6. The highest BCUT2D eigenvalue weighted by atomic mass is 35.5. The molecule has 110 valence electrons. The molecule has 0 spiro atoms. The molecule has 0 fully saturated rings. The normalized spacial score (nSPS) is 11.2. The molecule has 10 heteroatoms. The standard InChI is InChI=1S/C11H6ClF3N4O2/c12-9-8(19(20)21)10(17-5-16-9)18-7-3-1-2-6(4-7)11(13,14)15/h1-5H,(H,16,17,18). The zero-order chi connectivity index (χ0) is 15.6. The quantitative estimate of drug-likeness (QED) is 0.529. The molecule has 2 rings (SSSR count). The minimum Gasteiger partial charge on any atom is -0.334 e. The van der Waals surface area contributed by atoms with Crippen LogP contribution in [0.25, 0.3) is 0 Å². The second-order valence-corrected chi connectivity index (χ2v) is 4.18. The van der Waals surface area contributed by atoms with Gasteiger partial charge in [-0.15, -0.1) is 0 Å². The van der Waals surface area contributed by atoms with Crippen molar-refractivity contribution in [1.82, 2.24) is 9.97 Å². The smallest absolute Gasteiger partial charge is 0.334 e. The Morgan fingerprint density at radius 3 is 2.62 bits per heavy atom. The van der Waals surface area contributed by atoms with Crippen LogP contribution >= 0.6 is 11.6 Å². The van der Waals surface area contributed by atoms with Gasteiger partial charge in [0, 0.05) is 5.69 Å². The minimum atomic E-state index is -4.52. The molecule has 1 N–H and O–H groups in total. The molecule has 0 radical (unpaired) electrons. The summed E-state index contributed by atoms with van der Waals surface area (Å²) < 4.78 is 37.8. The third kappa shape index (κ3) is 3.37. The lowest BCUT2D eigenvalue weighted by Crippen LogP contribution is -2.06. The van der Waals surface area contributed by atoms with Gasteiger partial charge in [-0.1, -0.05) is 17.7 Å². The topological polar surface area (TPSA) is 81.0 Å². The van der Waals surface area contributed by atoms with Crippen molar-refractivity contribution in [3.63, 3.8) is 0 Å². The summed E-state index contributed by atoms with van der Waals surface area (Å²) in [6.45, 7) is 0. The van der Waals surface area contributed by atoms with Crippen LogP contribution in [0.2, 0.25) is 5.15 Å². The molecule has 0 amide bonds. The summed E-state index contributed by atoms with van der Waals surface area (Å²) in [5.74, 6) is -0.292. The Morgan fingerprint density at radius 1 is 1.29 bits per heavy atom. The highest BCUT2D eigenvalue weighted by Crippen LogP contribution is 2.33. The van der Waals surface area contributed by atoms with Gasteiger partial charge in [0.25, 0.3) is 0 Å². The van der Waals surface area contributed by atoms with Crippen LogP contribution < -0.4 is 5.32 Å². The van der Waals surface area contributed by atoms with E-state index in [-0.39, 0.29) is 11.5 Å². The molecule has 0 unspecified atom stereocenters. The molecule has 0 aliphatic rings. The number of rotatable bonds is 3. The SMILES string of the molecule is O=[N+]([O-])c1c(Cl)ncnc1Nc1cccc(C(F)(F)F)c1. The summed E-state index contributed by atoms with van der Waals surface area (Å²) in [5, 5.41) is 12.9. The maximum Gasteiger partial charge on any atom is 0.416 e. The van der Waals surface area contributed by atoms with Crippen molar-refractivity contribution in [3.05, 3.63) is 51.4 Å². The minimum absolute atomic E-state index is 0.0114. The number of nitro groups is 1. The van der Waals surface area contributed by atoms with Crippen molar-refractivity contribution in [2.75, 3.05) is 5.32 Å². The van der Waals surface area contributed by atoms with Crippen LogP contribution in [0, 0.1) is 10.1 Å². The fraction of sp³-hybridized carbons (Fsp3) is 0.0909. The molecule has 6 nitrogen and oxygen atoms in total. The van der Waals surface area contributed by atoms with Crippen LogP contribution in [0.3, 0.4) is 0 Å². The van der Waals surface area contributed by atoms with Crippen molar-refractivity contribution >= 4 is 28.8 Å². The van der Waals surface area contributed by atoms with Crippen molar-refractivity contribution in [2.24, 2.45) is 0 Å². The Labute approximate surface area is 120 Å². The van der Waals surface area contributed by atoms with Crippen molar-refractivity contribution in [1.29, 1.82) is 0 Å². The first-order chi connectivity index (χ1) is 9.79. The van der Waals surface area contributed by atoms with E-state index < -0.39 is 27.5 Å². The molecule has 2 aromatic rings. The molecule has 0 bridgehead atoms. The van der Waals surface area contributed by atoms with Gasteiger partial charge in [0.1, 0.15) is 6.33 Å². The number of nitrogens with one attached hydrogen (secondary N) is 1. The maximum atomic E-state index is 12.6. The fourth-order valence-electron chi connectivity index (χ4n) is 1.52. The van der Waals surface area contributed by atoms with Gasteiger partial charge in [0.2, 0.25) is 11.0 Å². The lowest BCUT2D eigenvalue weighted by Gasteiger charge is -2.10. The van der Waals surface area contributed by atoms with Crippen LogP contribution in [0.1, 0.15) is 5.56 Å². The summed E-state index contributed by atoms with van der Waals surface area (Å²) in [4.78, 5) is 17.1. The molecule has 1 heterocycles. The number of hydrogen-bond donors (Lipinski definition) is 1. The molecule has 0 saturated heterocycles. The van der Waals surface area contributed by atoms with Gasteiger partial charge in [-0.25, -0.2) is 9.97 Å². The summed E-state index contributed by atoms with van der Waals surface area (Å²) in [5.41, 5.74) is -1.52. The number of anilines is 2. The number of aromatic nitrogens is 2. The summed E-state index contributed by atoms with van der Waals surface area (Å²) >= 11 is 5.58. The Kier molecular flexibility index (Phi) is 3.94. The molecule has 1 aromatic carbocycles. The second kappa shape index (κ2) is 5.52. The van der Waals surface area contributed by atoms with Crippen molar-refractivity contribution in [2.45, 2.75) is 6.18 Å². The lowest BCUT2D eigenvalue weighted by molar-refractivity contribution is -0.384. The molecule has 0 aliphatic heterocycles. The summed E-state index contributed by atoms with van der Waals surface area (Å²) in [6.07, 6.45) is -3.56. The number of nitrogens with zero attached hydrogens (tertiary/aromatic N) is 3. The predicted octanol–water partition coefficient (Wildman–Crippen LogP) is 3.80. The number of hydrogen-bond acceptors (Lipinski definition) is 5. The number of alkyl halides is 3. The van der Waals surface area contributed by atoms with E-state index in [2.05, 4.69) is 15.3 Å². The number of benzene rings is 1. The zero-order valence-corrected chi connectivity index (χ0v) is 10.8. The van der Waals surface area contributed by atoms with Gasteiger partial charge in [0.15, 0.2) is 0 Å². The molecule has 0 aliphatic carbocycles. The molecular weight excluding hydrogens is 313 g/mol. The van der Waals surface area contributed by atoms with E-state index >= 15 is 0 Å². The summed E-state index contributed by atoms with van der Waals surface area (Å²) in [6, 6.07) is 4.17. The number of halogens is 4. The van der Waals surface area contributed by atoms with Gasteiger partial charge in [-0.05, 0) is 18.2 Å². The fourth-order valence-corrected chi connectivity index (χ4v) is 1.72. The van der Waals surface area contributed by atoms with Crippen molar-refractivity contribution in [3.8, 4) is 0 Å². The summed E-state index contributed by atoms with van der Waals surface area (Å²) in [7, 11) is 0. The monoisotopic (exact) mass is 318 g/mol. The first kappa shape index (κ1) is 15.0. The first-order valence-corrected chi connectivity index (χ1v) is 5.76. The third-order valence-electron chi connectivity index (χ3n) is 2.41. The molecule has 21 heavy (non-hydrogen) atoms. The van der Waals surface area contributed by atoms with Crippen LogP contribution in [0.5, 0.6) is 0 Å².